The van der Waals surface area contributed by atoms with Crippen LogP contribution in [0.25, 0.3) is 0 Å². The summed E-state index contributed by atoms with van der Waals surface area (Å²) in [5.41, 5.74) is 0. The van der Waals surface area contributed by atoms with Crippen molar-refractivity contribution in [3.05, 3.63) is 0 Å². The summed E-state index contributed by atoms with van der Waals surface area (Å²) < 4.78 is 5.25. The number of carbonyl (C=O) groups excluding carboxylic acids is 3. The van der Waals surface area contributed by atoms with E-state index in [4.69, 9.17) is 4.74 Å². The molecule has 1 aliphatic carbocycles. The van der Waals surface area contributed by atoms with E-state index in [0.717, 1.165) is 13.1 Å². The number of Topliss-reactive ketones (excluding diaryl/α,β-unsaturated/α-hetero) is 1. The van der Waals surface area contributed by atoms with Gasteiger partial charge in [-0.05, 0) is 6.42 Å². The van der Waals surface area contributed by atoms with Crippen LogP contribution in [0.1, 0.15) is 19.3 Å². The number of rotatable bonds is 2. The Morgan fingerprint density at radius 2 is 1.74 bits per heavy atom. The third kappa shape index (κ3) is 2.30. The number of morpholine rings is 1. The lowest BCUT2D eigenvalue weighted by Crippen LogP contribution is -2.46. The highest BCUT2D eigenvalue weighted by molar-refractivity contribution is 6.07. The van der Waals surface area contributed by atoms with Crippen LogP contribution in [-0.4, -0.2) is 60.4 Å². The highest BCUT2D eigenvalue weighted by atomic mass is 16.5. The fraction of sp³-hybridized carbons (Fsp3) is 0.769. The summed E-state index contributed by atoms with van der Waals surface area (Å²) in [7, 11) is 0. The molecule has 0 spiro atoms. The quantitative estimate of drug-likeness (QED) is 0.638. The van der Waals surface area contributed by atoms with Gasteiger partial charge in [0.15, 0.2) is 0 Å². The van der Waals surface area contributed by atoms with Gasteiger partial charge < -0.3 is 4.74 Å². The van der Waals surface area contributed by atoms with E-state index in [1.54, 1.807) is 0 Å². The zero-order valence-corrected chi connectivity index (χ0v) is 10.8. The first-order valence-corrected chi connectivity index (χ1v) is 6.84. The summed E-state index contributed by atoms with van der Waals surface area (Å²) in [5, 5.41) is 0. The molecule has 2 unspecified atom stereocenters. The molecule has 0 bridgehead atoms. The van der Waals surface area contributed by atoms with Gasteiger partial charge in [0.1, 0.15) is 5.78 Å². The molecule has 2 aliphatic heterocycles. The Labute approximate surface area is 111 Å². The number of nitrogens with zero attached hydrogens (tertiary/aromatic N) is 2. The largest absolute Gasteiger partial charge is 0.379 e. The van der Waals surface area contributed by atoms with Crippen molar-refractivity contribution < 1.29 is 19.1 Å². The molecule has 2 heterocycles. The van der Waals surface area contributed by atoms with Crippen molar-refractivity contribution in [1.82, 2.24) is 9.80 Å². The van der Waals surface area contributed by atoms with Crippen LogP contribution in [0, 0.1) is 11.8 Å². The van der Waals surface area contributed by atoms with Crippen LogP contribution in [0.4, 0.5) is 0 Å². The van der Waals surface area contributed by atoms with Crippen molar-refractivity contribution in [2.24, 2.45) is 11.8 Å². The summed E-state index contributed by atoms with van der Waals surface area (Å²) in [4.78, 5) is 39.4. The Balaban J connectivity index is 1.70. The van der Waals surface area contributed by atoms with Crippen LogP contribution in [0.5, 0.6) is 0 Å². The normalized spacial score (nSPS) is 32.8. The fourth-order valence-corrected chi connectivity index (χ4v) is 3.15. The predicted molar refractivity (Wildman–Crippen MR) is 65.0 cm³/mol. The first-order chi connectivity index (χ1) is 9.16. The molecular formula is C13H18N2O4. The summed E-state index contributed by atoms with van der Waals surface area (Å²) in [6.07, 6.45) is 1.22. The minimum absolute atomic E-state index is 0.0889. The van der Waals surface area contributed by atoms with Gasteiger partial charge in [-0.1, -0.05) is 0 Å². The molecule has 6 nitrogen and oxygen atoms in total. The lowest BCUT2D eigenvalue weighted by Gasteiger charge is -2.29. The second-order valence-electron chi connectivity index (χ2n) is 5.47. The number of amides is 2. The van der Waals surface area contributed by atoms with Gasteiger partial charge in [0.05, 0.1) is 31.7 Å². The predicted octanol–water partition coefficient (Wildman–Crippen LogP) is -0.370. The molecule has 2 atom stereocenters. The molecule has 6 heteroatoms. The first kappa shape index (κ1) is 12.7. The van der Waals surface area contributed by atoms with Gasteiger partial charge in [-0.2, -0.15) is 0 Å². The monoisotopic (exact) mass is 266 g/mol. The molecule has 104 valence electrons. The number of fused-ring (bicyclic) bond motifs is 1. The highest BCUT2D eigenvalue weighted by Gasteiger charge is 2.50. The fourth-order valence-electron chi connectivity index (χ4n) is 3.15. The maximum Gasteiger partial charge on any atom is 0.234 e. The second-order valence-corrected chi connectivity index (χ2v) is 5.47. The van der Waals surface area contributed by atoms with Gasteiger partial charge in [-0.3, -0.25) is 24.2 Å². The topological polar surface area (TPSA) is 66.9 Å². The molecule has 19 heavy (non-hydrogen) atoms. The van der Waals surface area contributed by atoms with Crippen LogP contribution in [0.15, 0.2) is 0 Å². The number of hydrogen-bond acceptors (Lipinski definition) is 5. The molecule has 2 saturated heterocycles. The zero-order chi connectivity index (χ0) is 13.4. The smallest absolute Gasteiger partial charge is 0.234 e. The van der Waals surface area contributed by atoms with E-state index in [9.17, 15) is 14.4 Å². The maximum atomic E-state index is 12.3. The molecule has 2 amide bonds. The van der Waals surface area contributed by atoms with Crippen molar-refractivity contribution in [3.8, 4) is 0 Å². The van der Waals surface area contributed by atoms with Crippen molar-refractivity contribution >= 4 is 17.6 Å². The minimum Gasteiger partial charge on any atom is -0.379 e. The van der Waals surface area contributed by atoms with Crippen LogP contribution in [0.3, 0.4) is 0 Å². The Morgan fingerprint density at radius 1 is 1.05 bits per heavy atom. The molecule has 0 aromatic rings. The molecule has 0 N–H and O–H groups in total. The van der Waals surface area contributed by atoms with Gasteiger partial charge in [-0.15, -0.1) is 0 Å². The minimum atomic E-state index is -0.394. The third-order valence-electron chi connectivity index (χ3n) is 4.28. The summed E-state index contributed by atoms with van der Waals surface area (Å²) in [5.74, 6) is -0.791. The molecule has 3 aliphatic rings. The Bertz CT molecular complexity index is 417. The third-order valence-corrected chi connectivity index (χ3v) is 4.28. The van der Waals surface area contributed by atoms with Gasteiger partial charge in [0, 0.05) is 25.9 Å². The van der Waals surface area contributed by atoms with Crippen molar-refractivity contribution in [1.29, 1.82) is 0 Å². The second kappa shape index (κ2) is 5.02. The number of ether oxygens (including phenoxy) is 1. The zero-order valence-electron chi connectivity index (χ0n) is 10.8. The Kier molecular flexibility index (Phi) is 3.36. The van der Waals surface area contributed by atoms with Gasteiger partial charge >= 0.3 is 0 Å². The molecular weight excluding hydrogens is 248 g/mol. The lowest BCUT2D eigenvalue weighted by atomic mass is 9.80. The molecule has 3 rings (SSSR count). The van der Waals surface area contributed by atoms with E-state index in [1.807, 2.05) is 0 Å². The average Bonchev–Trinajstić information content (AvgIpc) is 2.65. The Hall–Kier alpha value is -1.27. The van der Waals surface area contributed by atoms with Gasteiger partial charge in [0.25, 0.3) is 0 Å². The van der Waals surface area contributed by atoms with Crippen molar-refractivity contribution in [2.75, 3.05) is 33.0 Å². The van der Waals surface area contributed by atoms with Crippen LogP contribution >= 0.6 is 0 Å². The van der Waals surface area contributed by atoms with E-state index >= 15 is 0 Å². The van der Waals surface area contributed by atoms with Gasteiger partial charge in [-0.25, -0.2) is 0 Å². The first-order valence-electron chi connectivity index (χ1n) is 6.84. The number of imide groups is 1. The molecule has 3 fully saturated rings. The molecule has 0 aromatic heterocycles. The van der Waals surface area contributed by atoms with Crippen LogP contribution < -0.4 is 0 Å². The Morgan fingerprint density at radius 3 is 2.47 bits per heavy atom. The standard InChI is InChI=1S/C13H18N2O4/c16-9-1-2-10-11(7-9)13(18)15(12(10)17)8-14-3-5-19-6-4-14/h10-11H,1-8H2. The van der Waals surface area contributed by atoms with Crippen molar-refractivity contribution in [2.45, 2.75) is 19.3 Å². The number of carbonyl (C=O) groups is 3. The summed E-state index contributed by atoms with van der Waals surface area (Å²) in [6, 6.07) is 0. The molecule has 1 saturated carbocycles. The average molecular weight is 266 g/mol. The highest BCUT2D eigenvalue weighted by Crippen LogP contribution is 2.36. The summed E-state index contributed by atoms with van der Waals surface area (Å²) in [6.45, 7) is 3.11. The van der Waals surface area contributed by atoms with Gasteiger partial charge in [0.2, 0.25) is 11.8 Å². The number of ketones is 1. The summed E-state index contributed by atoms with van der Waals surface area (Å²) >= 11 is 0. The van der Waals surface area contributed by atoms with E-state index in [-0.39, 0.29) is 29.9 Å². The molecule has 0 radical (unpaired) electrons. The lowest BCUT2D eigenvalue weighted by molar-refractivity contribution is -0.143. The molecule has 0 aromatic carbocycles. The van der Waals surface area contributed by atoms with E-state index in [2.05, 4.69) is 4.90 Å². The number of hydrogen-bond donors (Lipinski definition) is 0. The van der Waals surface area contributed by atoms with E-state index in [0.29, 0.717) is 32.7 Å². The van der Waals surface area contributed by atoms with E-state index < -0.39 is 5.92 Å². The number of likely N-dealkylation sites (tertiary alicyclic amines) is 1. The SMILES string of the molecule is O=C1CCC2C(=O)N(CN3CCOCC3)C(=O)C2C1. The maximum absolute atomic E-state index is 12.3. The van der Waals surface area contributed by atoms with Crippen LogP contribution in [0.2, 0.25) is 0 Å². The van der Waals surface area contributed by atoms with Crippen molar-refractivity contribution in [3.63, 3.8) is 0 Å². The van der Waals surface area contributed by atoms with E-state index in [1.165, 1.54) is 4.90 Å². The van der Waals surface area contributed by atoms with Crippen LogP contribution in [-0.2, 0) is 19.1 Å².